The quantitative estimate of drug-likeness (QED) is 0.357. The summed E-state index contributed by atoms with van der Waals surface area (Å²) in [6.07, 6.45) is -7.66. The van der Waals surface area contributed by atoms with Gasteiger partial charge in [0.2, 0.25) is 10.0 Å². The zero-order valence-electron chi connectivity index (χ0n) is 32.1. The lowest BCUT2D eigenvalue weighted by Gasteiger charge is -2.39. The number of fused-ring (bicyclic) bond motifs is 1. The number of nitrogen functional groups attached to an aromatic ring is 1. The Morgan fingerprint density at radius 3 is 2.58 bits per heavy atom. The van der Waals surface area contributed by atoms with E-state index < -0.39 is 101 Å². The second kappa shape index (κ2) is 12.0. The van der Waals surface area contributed by atoms with Crippen LogP contribution < -0.4 is 5.73 Å². The Balaban J connectivity index is 2.03. The van der Waals surface area contributed by atoms with Crippen LogP contribution in [0.5, 0.6) is 0 Å². The fraction of sp³-hybridized carbons (Fsp3) is 0.519. The van der Waals surface area contributed by atoms with Crippen molar-refractivity contribution in [3.8, 4) is 0 Å². The molecular weight excluding hydrogens is 510 g/mol. The number of aliphatic hydroxyl groups is 1. The molecule has 4 rings (SSSR count). The van der Waals surface area contributed by atoms with E-state index in [1.807, 2.05) is 0 Å². The fourth-order valence-corrected chi connectivity index (χ4v) is 5.62. The van der Waals surface area contributed by atoms with Gasteiger partial charge < -0.3 is 25.4 Å². The third kappa shape index (κ3) is 6.29. The third-order valence-electron chi connectivity index (χ3n) is 6.25. The minimum atomic E-state index is -5.75. The van der Waals surface area contributed by atoms with Crippen molar-refractivity contribution in [1.82, 2.24) is 9.21 Å². The molecule has 0 spiro atoms. The molecule has 2 aromatic carbocycles. The van der Waals surface area contributed by atoms with Gasteiger partial charge in [-0.2, -0.15) is 4.31 Å². The van der Waals surface area contributed by atoms with Crippen LogP contribution in [0.2, 0.25) is 0 Å². The van der Waals surface area contributed by atoms with E-state index >= 15 is 0 Å². The Morgan fingerprint density at radius 2 is 1.92 bits per heavy atom. The molecule has 1 amide bonds. The molecule has 0 saturated carbocycles. The number of rotatable bonds is 11. The number of nitrogens with zero attached hydrogens (tertiary/aromatic N) is 2. The van der Waals surface area contributed by atoms with Crippen LogP contribution in [0, 0.1) is 11.8 Å². The predicted molar refractivity (Wildman–Crippen MR) is 142 cm³/mol. The van der Waals surface area contributed by atoms with Crippen LogP contribution in [0.25, 0.3) is 0 Å². The maximum atomic E-state index is 14.3. The van der Waals surface area contributed by atoms with Gasteiger partial charge >= 0.3 is 6.09 Å². The van der Waals surface area contributed by atoms with Crippen LogP contribution in [-0.4, -0.2) is 84.6 Å². The number of hydrogen-bond acceptors (Lipinski definition) is 7. The molecule has 2 fully saturated rings. The van der Waals surface area contributed by atoms with E-state index in [0.29, 0.717) is 4.90 Å². The van der Waals surface area contributed by atoms with Crippen molar-refractivity contribution in [2.24, 2.45) is 11.8 Å². The molecule has 2 aliphatic heterocycles. The Labute approximate surface area is 240 Å². The van der Waals surface area contributed by atoms with E-state index in [9.17, 15) is 26.2 Å². The van der Waals surface area contributed by atoms with Gasteiger partial charge in [-0.15, -0.1) is 0 Å². The zero-order chi connectivity index (χ0) is 37.9. The molecule has 0 bridgehead atoms. The van der Waals surface area contributed by atoms with Crippen molar-refractivity contribution >= 4 is 21.8 Å². The van der Waals surface area contributed by atoms with Crippen LogP contribution >= 0.6 is 0 Å². The highest BCUT2D eigenvalue weighted by Gasteiger charge is 2.49. The van der Waals surface area contributed by atoms with Gasteiger partial charge in [-0.3, -0.25) is 4.90 Å². The lowest BCUT2D eigenvalue weighted by atomic mass is 9.93. The first-order valence-electron chi connectivity index (χ1n) is 17.7. The lowest BCUT2D eigenvalue weighted by molar-refractivity contribution is -0.0906. The number of carboxylic acid groups (broad SMARTS) is 1. The van der Waals surface area contributed by atoms with Gasteiger partial charge in [0, 0.05) is 38.3 Å². The van der Waals surface area contributed by atoms with E-state index in [2.05, 4.69) is 0 Å². The first-order valence-corrected chi connectivity index (χ1v) is 13.0. The highest BCUT2D eigenvalue weighted by molar-refractivity contribution is 7.89. The summed E-state index contributed by atoms with van der Waals surface area (Å²) in [4.78, 5) is 12.5. The minimum Gasteiger partial charge on any atom is -0.465 e. The number of sulfonamides is 1. The van der Waals surface area contributed by atoms with Crippen molar-refractivity contribution in [2.45, 2.75) is 55.9 Å². The SMILES string of the molecule is [2H][C@@H](N(C([2H])([2H])C([2H])(C([2H])([2H])[2H])C([2H])([2H])[2H])S(=O)(=O)c1ccc(N)cc1)[C@@]([2H])(O)[C@]([2H])(Cc1ccccc1)N(C(=O)O)C1CO[C@H]2OCC[C@@H]12. The van der Waals surface area contributed by atoms with E-state index in [1.165, 1.54) is 24.3 Å². The third-order valence-corrected chi connectivity index (χ3v) is 7.83. The molecule has 6 atom stereocenters. The van der Waals surface area contributed by atoms with Crippen LogP contribution in [0.15, 0.2) is 59.5 Å². The molecule has 0 aromatic heterocycles. The summed E-state index contributed by atoms with van der Waals surface area (Å²) in [6, 6.07) is 6.21. The molecular formula is C27H37N3O7S. The largest absolute Gasteiger partial charge is 0.465 e. The second-order valence-electron chi connectivity index (χ2n) is 8.73. The van der Waals surface area contributed by atoms with E-state index in [-0.39, 0.29) is 24.3 Å². The number of amides is 1. The molecule has 38 heavy (non-hydrogen) atoms. The molecule has 2 aromatic rings. The molecule has 1 unspecified atom stereocenters. The first kappa shape index (κ1) is 16.4. The second-order valence-corrected chi connectivity index (χ2v) is 10.5. The van der Waals surface area contributed by atoms with Crippen LogP contribution in [0.4, 0.5) is 10.5 Å². The summed E-state index contributed by atoms with van der Waals surface area (Å²) >= 11 is 0. The molecule has 11 heteroatoms. The van der Waals surface area contributed by atoms with Crippen LogP contribution in [0.1, 0.15) is 42.1 Å². The molecule has 208 valence electrons. The maximum Gasteiger partial charge on any atom is 0.407 e. The number of hydrogen-bond donors (Lipinski definition) is 3. The van der Waals surface area contributed by atoms with Gasteiger partial charge in [0.05, 0.1) is 39.0 Å². The molecule has 0 aliphatic carbocycles. The van der Waals surface area contributed by atoms with Crippen molar-refractivity contribution in [2.75, 3.05) is 32.0 Å². The Hall–Kier alpha value is -2.70. The number of ether oxygens (including phenoxy) is 2. The Kier molecular flexibility index (Phi) is 5.18. The standard InChI is InChI=1S/C27H37N3O7S/c1-18(2)15-29(38(34,35)21-10-8-20(28)9-11-21)16-25(31)23(14-19-6-4-3-5-7-19)30(27(32)33)24-17-37-26-22(24)12-13-36-26/h3-11,18,22-26,31H,12-17,28H2,1-2H3,(H,32,33)/t22-,23-,24?,25+,26+/m0/s1/i1D3,2D3,15D2,16D,18D,23D,25D/t16-,22+,23+,24?,25-,26-/m1. The molecule has 10 nitrogen and oxygen atoms in total. The van der Waals surface area contributed by atoms with E-state index in [4.69, 9.17) is 28.9 Å². The average Bonchev–Trinajstić information content (AvgIpc) is 3.61. The van der Waals surface area contributed by atoms with Gasteiger partial charge in [0.1, 0.15) is 0 Å². The van der Waals surface area contributed by atoms with Gasteiger partial charge in [-0.05, 0) is 48.6 Å². The number of anilines is 1. The Morgan fingerprint density at radius 1 is 1.21 bits per heavy atom. The zero-order valence-corrected chi connectivity index (χ0v) is 21.0. The fourth-order valence-electron chi connectivity index (χ4n) is 4.47. The normalized spacial score (nSPS) is 31.4. The minimum absolute atomic E-state index is 0.00383. The molecule has 4 N–H and O–H groups in total. The number of benzene rings is 2. The monoisotopic (exact) mass is 559 g/mol. The smallest absolute Gasteiger partial charge is 0.407 e. The highest BCUT2D eigenvalue weighted by Crippen LogP contribution is 2.36. The summed E-state index contributed by atoms with van der Waals surface area (Å²) in [5, 5.41) is 22.7. The van der Waals surface area contributed by atoms with Crippen molar-refractivity contribution in [1.29, 1.82) is 0 Å². The number of carbonyl (C=O) groups is 1. The summed E-state index contributed by atoms with van der Waals surface area (Å²) in [6.45, 7) is -16.5. The lowest BCUT2D eigenvalue weighted by Crippen LogP contribution is -2.57. The van der Waals surface area contributed by atoms with Crippen LogP contribution in [0.3, 0.4) is 0 Å². The van der Waals surface area contributed by atoms with Gasteiger partial charge in [0.15, 0.2) is 6.29 Å². The van der Waals surface area contributed by atoms with Gasteiger partial charge in [-0.1, -0.05) is 44.0 Å². The van der Waals surface area contributed by atoms with E-state index in [1.54, 1.807) is 6.07 Å². The maximum absolute atomic E-state index is 14.3. The number of nitrogens with two attached hydrogens (primary N) is 1. The van der Waals surface area contributed by atoms with Crippen LogP contribution in [-0.2, 0) is 25.9 Å². The van der Waals surface area contributed by atoms with Crippen molar-refractivity contribution < 1.29 is 49.3 Å². The molecule has 2 aliphatic rings. The summed E-state index contributed by atoms with van der Waals surface area (Å²) in [5.41, 5.74) is 5.75. The summed E-state index contributed by atoms with van der Waals surface area (Å²) in [5.74, 6) is -5.15. The highest BCUT2D eigenvalue weighted by atomic mass is 32.2. The van der Waals surface area contributed by atoms with Crippen molar-refractivity contribution in [3.63, 3.8) is 0 Å². The summed E-state index contributed by atoms with van der Waals surface area (Å²) < 4.78 is 140. The first-order chi connectivity index (χ1) is 22.8. The predicted octanol–water partition coefficient (Wildman–Crippen LogP) is 2.63. The van der Waals surface area contributed by atoms with Gasteiger partial charge in [0.25, 0.3) is 0 Å². The van der Waals surface area contributed by atoms with Gasteiger partial charge in [-0.25, -0.2) is 13.2 Å². The Bertz CT molecular complexity index is 1630. The molecule has 0 radical (unpaired) electrons. The molecule has 2 saturated heterocycles. The van der Waals surface area contributed by atoms with Crippen molar-refractivity contribution in [3.05, 3.63) is 60.2 Å². The average molecular weight is 560 g/mol. The summed E-state index contributed by atoms with van der Waals surface area (Å²) in [7, 11) is -5.75. The van der Waals surface area contributed by atoms with E-state index in [0.717, 1.165) is 24.3 Å². The molecule has 2 heterocycles. The topological polar surface area (TPSA) is 143 Å².